The molecule has 0 unspecified atom stereocenters. The summed E-state index contributed by atoms with van der Waals surface area (Å²) in [5, 5.41) is 0. The summed E-state index contributed by atoms with van der Waals surface area (Å²) >= 11 is 0. The van der Waals surface area contributed by atoms with E-state index in [1.165, 1.54) is 24.3 Å². The number of esters is 1. The number of imide groups is 1. The summed E-state index contributed by atoms with van der Waals surface area (Å²) in [6.07, 6.45) is 0.215. The molecule has 0 saturated carbocycles. The Kier molecular flexibility index (Phi) is 5.07. The van der Waals surface area contributed by atoms with Gasteiger partial charge in [-0.2, -0.15) is 0 Å². The number of ketones is 1. The van der Waals surface area contributed by atoms with Crippen LogP contribution in [0.25, 0.3) is 0 Å². The summed E-state index contributed by atoms with van der Waals surface area (Å²) < 4.78 is 31.0. The Bertz CT molecular complexity index is 941. The van der Waals surface area contributed by atoms with Crippen molar-refractivity contribution in [2.75, 3.05) is 11.5 Å². The molecule has 1 aliphatic rings. The van der Waals surface area contributed by atoms with Crippen LogP contribution in [0.4, 0.5) is 14.5 Å². The van der Waals surface area contributed by atoms with Gasteiger partial charge in [-0.1, -0.05) is 6.07 Å². The van der Waals surface area contributed by atoms with Crippen molar-refractivity contribution in [1.29, 1.82) is 0 Å². The van der Waals surface area contributed by atoms with Gasteiger partial charge in [-0.15, -0.1) is 0 Å². The average Bonchev–Trinajstić information content (AvgIpc) is 3.00. The summed E-state index contributed by atoms with van der Waals surface area (Å²) in [5.41, 5.74) is 0.144. The molecule has 1 fully saturated rings. The molecular formula is C19H13F2NO5. The lowest BCUT2D eigenvalue weighted by atomic mass is 10.1. The van der Waals surface area contributed by atoms with Gasteiger partial charge in [0.05, 0.1) is 11.3 Å². The maximum absolute atomic E-state index is 13.2. The smallest absolute Gasteiger partial charge is 0.338 e. The molecule has 0 aromatic heterocycles. The second-order valence-corrected chi connectivity index (χ2v) is 5.80. The Morgan fingerprint density at radius 3 is 2.30 bits per heavy atom. The Morgan fingerprint density at radius 1 is 0.926 bits per heavy atom. The van der Waals surface area contributed by atoms with E-state index in [9.17, 15) is 28.0 Å². The predicted octanol–water partition coefficient (Wildman–Crippen LogP) is 2.66. The number of rotatable bonds is 5. The molecule has 6 nitrogen and oxygen atoms in total. The number of hydrogen-bond acceptors (Lipinski definition) is 5. The highest BCUT2D eigenvalue weighted by molar-refractivity contribution is 6.20. The minimum atomic E-state index is -1.18. The van der Waals surface area contributed by atoms with Crippen molar-refractivity contribution in [3.05, 3.63) is 65.2 Å². The van der Waals surface area contributed by atoms with Crippen LogP contribution < -0.4 is 4.90 Å². The summed E-state index contributed by atoms with van der Waals surface area (Å²) in [4.78, 5) is 48.6. The molecule has 2 aromatic rings. The minimum absolute atomic E-state index is 0.0399. The van der Waals surface area contributed by atoms with E-state index in [4.69, 9.17) is 4.74 Å². The minimum Gasteiger partial charge on any atom is -0.454 e. The second kappa shape index (κ2) is 7.45. The molecular weight excluding hydrogens is 360 g/mol. The molecule has 1 saturated heterocycles. The standard InChI is InChI=1S/C19H13F2NO5/c20-14-5-4-11(9-15(14)21)16(23)10-27-19(26)12-2-1-3-13(8-12)22-17(24)6-7-18(22)25/h1-5,8-9H,6-7,10H2. The van der Waals surface area contributed by atoms with Crippen LogP contribution in [0.3, 0.4) is 0 Å². The monoisotopic (exact) mass is 373 g/mol. The highest BCUT2D eigenvalue weighted by atomic mass is 19.2. The number of halogens is 2. The molecule has 8 heteroatoms. The van der Waals surface area contributed by atoms with Crippen LogP contribution in [-0.4, -0.2) is 30.2 Å². The van der Waals surface area contributed by atoms with E-state index in [1.54, 1.807) is 0 Å². The largest absolute Gasteiger partial charge is 0.454 e. The number of amides is 2. The van der Waals surface area contributed by atoms with Gasteiger partial charge in [-0.25, -0.2) is 13.6 Å². The molecule has 0 atom stereocenters. The van der Waals surface area contributed by atoms with Gasteiger partial charge in [0.25, 0.3) is 0 Å². The van der Waals surface area contributed by atoms with E-state index in [-0.39, 0.29) is 41.5 Å². The molecule has 0 spiro atoms. The average molecular weight is 373 g/mol. The third-order valence-electron chi connectivity index (χ3n) is 3.97. The summed E-state index contributed by atoms with van der Waals surface area (Å²) in [7, 11) is 0. The van der Waals surface area contributed by atoms with E-state index in [0.29, 0.717) is 0 Å². The van der Waals surface area contributed by atoms with Gasteiger partial charge >= 0.3 is 5.97 Å². The van der Waals surface area contributed by atoms with Gasteiger partial charge < -0.3 is 4.74 Å². The first-order valence-corrected chi connectivity index (χ1v) is 7.98. The number of ether oxygens (including phenoxy) is 1. The van der Waals surface area contributed by atoms with Crippen molar-refractivity contribution >= 4 is 29.3 Å². The number of anilines is 1. The molecule has 27 heavy (non-hydrogen) atoms. The van der Waals surface area contributed by atoms with Crippen LogP contribution in [0.15, 0.2) is 42.5 Å². The maximum atomic E-state index is 13.2. The predicted molar refractivity (Wildman–Crippen MR) is 89.1 cm³/mol. The van der Waals surface area contributed by atoms with Crippen molar-refractivity contribution in [1.82, 2.24) is 0 Å². The van der Waals surface area contributed by atoms with Gasteiger partial charge in [0, 0.05) is 18.4 Å². The molecule has 1 aliphatic heterocycles. The zero-order valence-corrected chi connectivity index (χ0v) is 13.9. The lowest BCUT2D eigenvalue weighted by Gasteiger charge is -2.14. The summed E-state index contributed by atoms with van der Waals surface area (Å²) in [5.74, 6) is -4.56. The van der Waals surface area contributed by atoms with Crippen molar-refractivity contribution in [2.24, 2.45) is 0 Å². The van der Waals surface area contributed by atoms with E-state index in [0.717, 1.165) is 23.1 Å². The lowest BCUT2D eigenvalue weighted by Crippen LogP contribution is -2.28. The normalized spacial score (nSPS) is 13.8. The first-order valence-electron chi connectivity index (χ1n) is 7.98. The fourth-order valence-electron chi connectivity index (χ4n) is 2.60. The number of Topliss-reactive ketones (excluding diaryl/α,β-unsaturated/α-hetero) is 1. The second-order valence-electron chi connectivity index (χ2n) is 5.80. The van der Waals surface area contributed by atoms with E-state index < -0.39 is 30.0 Å². The highest BCUT2D eigenvalue weighted by Gasteiger charge is 2.30. The van der Waals surface area contributed by atoms with Gasteiger partial charge in [-0.05, 0) is 36.4 Å². The van der Waals surface area contributed by atoms with Gasteiger partial charge in [0.2, 0.25) is 11.8 Å². The van der Waals surface area contributed by atoms with Crippen LogP contribution in [0, 0.1) is 11.6 Å². The first-order chi connectivity index (χ1) is 12.9. The van der Waals surface area contributed by atoms with Crippen molar-refractivity contribution < 1.29 is 32.7 Å². The Hall–Kier alpha value is -3.42. The third kappa shape index (κ3) is 3.89. The topological polar surface area (TPSA) is 80.8 Å². The van der Waals surface area contributed by atoms with Crippen LogP contribution in [0.2, 0.25) is 0 Å². The lowest BCUT2D eigenvalue weighted by molar-refractivity contribution is -0.121. The van der Waals surface area contributed by atoms with E-state index in [1.807, 2.05) is 0 Å². The van der Waals surface area contributed by atoms with Gasteiger partial charge in [0.15, 0.2) is 24.0 Å². The van der Waals surface area contributed by atoms with Crippen LogP contribution >= 0.6 is 0 Å². The number of carbonyl (C=O) groups excluding carboxylic acids is 4. The molecule has 0 bridgehead atoms. The number of nitrogens with zero attached hydrogens (tertiary/aromatic N) is 1. The molecule has 3 rings (SSSR count). The Balaban J connectivity index is 1.68. The molecule has 0 radical (unpaired) electrons. The van der Waals surface area contributed by atoms with Gasteiger partial charge in [0.1, 0.15) is 0 Å². The number of benzene rings is 2. The number of carbonyl (C=O) groups is 4. The number of hydrogen-bond donors (Lipinski definition) is 0. The molecule has 0 aliphatic carbocycles. The zero-order chi connectivity index (χ0) is 19.6. The SMILES string of the molecule is O=C(COC(=O)c1cccc(N2C(=O)CCC2=O)c1)c1ccc(F)c(F)c1. The van der Waals surface area contributed by atoms with E-state index >= 15 is 0 Å². The molecule has 138 valence electrons. The summed E-state index contributed by atoms with van der Waals surface area (Å²) in [6, 6.07) is 8.30. The maximum Gasteiger partial charge on any atom is 0.338 e. The fraction of sp³-hybridized carbons (Fsp3) is 0.158. The molecule has 0 N–H and O–H groups in total. The van der Waals surface area contributed by atoms with Crippen LogP contribution in [-0.2, 0) is 14.3 Å². The molecule has 2 aromatic carbocycles. The zero-order valence-electron chi connectivity index (χ0n) is 13.9. The Labute approximate surface area is 152 Å². The van der Waals surface area contributed by atoms with E-state index in [2.05, 4.69) is 0 Å². The van der Waals surface area contributed by atoms with Crippen molar-refractivity contribution in [3.63, 3.8) is 0 Å². The first kappa shape index (κ1) is 18.4. The third-order valence-corrected chi connectivity index (χ3v) is 3.97. The quantitative estimate of drug-likeness (QED) is 0.457. The highest BCUT2D eigenvalue weighted by Crippen LogP contribution is 2.23. The molecule has 1 heterocycles. The van der Waals surface area contributed by atoms with Gasteiger partial charge in [-0.3, -0.25) is 19.3 Å². The van der Waals surface area contributed by atoms with Crippen LogP contribution in [0.1, 0.15) is 33.6 Å². The molecule has 2 amide bonds. The van der Waals surface area contributed by atoms with Crippen molar-refractivity contribution in [3.8, 4) is 0 Å². The van der Waals surface area contributed by atoms with Crippen LogP contribution in [0.5, 0.6) is 0 Å². The fourth-order valence-corrected chi connectivity index (χ4v) is 2.60. The summed E-state index contributed by atoms with van der Waals surface area (Å²) in [6.45, 7) is -0.671. The van der Waals surface area contributed by atoms with Crippen molar-refractivity contribution in [2.45, 2.75) is 12.8 Å². The Morgan fingerprint density at radius 2 is 1.63 bits per heavy atom.